The maximum atomic E-state index is 13.3. The largest absolute Gasteiger partial charge is 0.361 e. The average Bonchev–Trinajstić information content (AvgIpc) is 3.33. The number of fused-ring (bicyclic) bond motifs is 3. The summed E-state index contributed by atoms with van der Waals surface area (Å²) in [5.41, 5.74) is 2.40. The van der Waals surface area contributed by atoms with Crippen molar-refractivity contribution in [2.75, 3.05) is 6.54 Å². The van der Waals surface area contributed by atoms with E-state index in [0.717, 1.165) is 17.7 Å². The molecule has 1 aliphatic heterocycles. The Bertz CT molecular complexity index is 1270. The molecule has 0 N–H and O–H groups in total. The summed E-state index contributed by atoms with van der Waals surface area (Å²) >= 11 is 0. The van der Waals surface area contributed by atoms with Crippen molar-refractivity contribution in [2.24, 2.45) is 0 Å². The first-order valence-electron chi connectivity index (χ1n) is 9.39. The van der Waals surface area contributed by atoms with Crippen LogP contribution in [0.2, 0.25) is 0 Å². The Balaban J connectivity index is 1.65. The molecule has 5 heterocycles. The molecule has 0 fully saturated rings. The van der Waals surface area contributed by atoms with Gasteiger partial charge in [-0.05, 0) is 24.6 Å². The molecule has 0 unspecified atom stereocenters. The summed E-state index contributed by atoms with van der Waals surface area (Å²) in [5.74, 6) is 0.732. The molecule has 1 amide bonds. The number of nitrogens with zero attached hydrogens (tertiary/aromatic N) is 5. The van der Waals surface area contributed by atoms with Crippen molar-refractivity contribution in [1.82, 2.24) is 24.0 Å². The minimum Gasteiger partial charge on any atom is -0.361 e. The molecule has 0 bridgehead atoms. The van der Waals surface area contributed by atoms with Gasteiger partial charge in [-0.25, -0.2) is 4.98 Å². The van der Waals surface area contributed by atoms with Crippen LogP contribution in [-0.2, 0) is 19.5 Å². The summed E-state index contributed by atoms with van der Waals surface area (Å²) in [6.07, 6.45) is 4.83. The van der Waals surface area contributed by atoms with E-state index in [1.165, 1.54) is 4.40 Å². The number of carbonyl (C=O) groups is 1. The molecule has 8 nitrogen and oxygen atoms in total. The zero-order valence-electron chi connectivity index (χ0n) is 15.5. The first-order valence-corrected chi connectivity index (χ1v) is 9.39. The van der Waals surface area contributed by atoms with Crippen molar-refractivity contribution in [2.45, 2.75) is 32.9 Å². The van der Waals surface area contributed by atoms with Crippen molar-refractivity contribution < 1.29 is 9.32 Å². The lowest BCUT2D eigenvalue weighted by molar-refractivity contribution is 0.0718. The minimum atomic E-state index is -0.163. The number of carbonyl (C=O) groups excluding carboxylic acids is 1. The third kappa shape index (κ3) is 2.45. The first kappa shape index (κ1) is 16.7. The quantitative estimate of drug-likeness (QED) is 0.547. The molecule has 0 aliphatic carbocycles. The summed E-state index contributed by atoms with van der Waals surface area (Å²) in [4.78, 5) is 32.7. The van der Waals surface area contributed by atoms with Crippen LogP contribution in [0, 0.1) is 0 Å². The van der Waals surface area contributed by atoms with Crippen LogP contribution in [0.3, 0.4) is 0 Å². The third-order valence-electron chi connectivity index (χ3n) is 5.23. The Morgan fingerprint density at radius 2 is 2.21 bits per heavy atom. The number of hydrogen-bond donors (Lipinski definition) is 0. The number of rotatable bonds is 3. The van der Waals surface area contributed by atoms with Gasteiger partial charge in [0.2, 0.25) is 0 Å². The summed E-state index contributed by atoms with van der Waals surface area (Å²) in [6.45, 7) is 3.67. The van der Waals surface area contributed by atoms with E-state index in [1.54, 1.807) is 35.5 Å². The van der Waals surface area contributed by atoms with E-state index in [1.807, 2.05) is 17.6 Å². The Morgan fingerprint density at radius 1 is 1.32 bits per heavy atom. The van der Waals surface area contributed by atoms with Crippen LogP contribution in [0.1, 0.15) is 35.2 Å². The molecule has 4 aromatic heterocycles. The van der Waals surface area contributed by atoms with E-state index in [0.29, 0.717) is 48.4 Å². The second-order valence-corrected chi connectivity index (χ2v) is 7.02. The summed E-state index contributed by atoms with van der Waals surface area (Å²) in [6, 6.07) is 7.12. The lowest BCUT2D eigenvalue weighted by atomic mass is 10.1. The fourth-order valence-electron chi connectivity index (χ4n) is 3.85. The highest BCUT2D eigenvalue weighted by atomic mass is 16.5. The molecule has 0 atom stereocenters. The number of hydrogen-bond acceptors (Lipinski definition) is 5. The molecule has 0 radical (unpaired) electrons. The topological polar surface area (TPSA) is 85.6 Å². The number of aryl methyl sites for hydroxylation is 1. The molecule has 0 saturated carbocycles. The molecular weight excluding hydrogens is 358 g/mol. The summed E-state index contributed by atoms with van der Waals surface area (Å²) in [5, 5.41) is 4.28. The van der Waals surface area contributed by atoms with Gasteiger partial charge in [-0.15, -0.1) is 0 Å². The van der Waals surface area contributed by atoms with Crippen LogP contribution in [0.4, 0.5) is 0 Å². The standard InChI is InChI=1S/C20H19N5O3/c1-2-7-24-15(20(27)23-9-6-16-13(12-23)11-21-28-16)10-14-18(24)22-17-5-3-4-8-25(17)19(14)26/h3-5,8,10-11H,2,6-7,9,12H2,1H3. The highest BCUT2D eigenvalue weighted by molar-refractivity contribution is 5.98. The van der Waals surface area contributed by atoms with Crippen molar-refractivity contribution in [3.8, 4) is 0 Å². The zero-order chi connectivity index (χ0) is 19.3. The highest BCUT2D eigenvalue weighted by Gasteiger charge is 2.28. The normalized spacial score (nSPS) is 14.0. The molecule has 5 rings (SSSR count). The highest BCUT2D eigenvalue weighted by Crippen LogP contribution is 2.23. The van der Waals surface area contributed by atoms with Crippen molar-refractivity contribution in [3.05, 3.63) is 64.0 Å². The van der Waals surface area contributed by atoms with Crippen LogP contribution in [0.15, 0.2) is 46.0 Å². The molecule has 142 valence electrons. The van der Waals surface area contributed by atoms with Crippen LogP contribution in [0.25, 0.3) is 16.7 Å². The van der Waals surface area contributed by atoms with Gasteiger partial charge in [0, 0.05) is 31.3 Å². The average molecular weight is 377 g/mol. The van der Waals surface area contributed by atoms with Gasteiger partial charge in [-0.3, -0.25) is 14.0 Å². The monoisotopic (exact) mass is 377 g/mol. The van der Waals surface area contributed by atoms with Gasteiger partial charge in [-0.2, -0.15) is 0 Å². The summed E-state index contributed by atoms with van der Waals surface area (Å²) < 4.78 is 8.59. The summed E-state index contributed by atoms with van der Waals surface area (Å²) in [7, 11) is 0. The maximum absolute atomic E-state index is 13.3. The first-order chi connectivity index (χ1) is 13.7. The van der Waals surface area contributed by atoms with Crippen LogP contribution in [-0.4, -0.2) is 36.5 Å². The van der Waals surface area contributed by atoms with Gasteiger partial charge in [0.05, 0.1) is 18.1 Å². The predicted octanol–water partition coefficient (Wildman–Crippen LogP) is 2.25. The number of pyridine rings is 1. The third-order valence-corrected chi connectivity index (χ3v) is 5.23. The second kappa shape index (κ2) is 6.33. The van der Waals surface area contributed by atoms with E-state index in [-0.39, 0.29) is 11.5 Å². The van der Waals surface area contributed by atoms with E-state index >= 15 is 0 Å². The smallest absolute Gasteiger partial charge is 0.270 e. The van der Waals surface area contributed by atoms with Gasteiger partial charge in [-0.1, -0.05) is 18.1 Å². The second-order valence-electron chi connectivity index (χ2n) is 7.02. The lowest BCUT2D eigenvalue weighted by Crippen LogP contribution is -2.36. The molecule has 0 aromatic carbocycles. The fraction of sp³-hybridized carbons (Fsp3) is 0.300. The van der Waals surface area contributed by atoms with Crippen LogP contribution in [0.5, 0.6) is 0 Å². The lowest BCUT2D eigenvalue weighted by Gasteiger charge is -2.26. The van der Waals surface area contributed by atoms with Crippen molar-refractivity contribution in [3.63, 3.8) is 0 Å². The molecule has 4 aromatic rings. The Hall–Kier alpha value is -3.42. The molecule has 28 heavy (non-hydrogen) atoms. The predicted molar refractivity (Wildman–Crippen MR) is 102 cm³/mol. The van der Waals surface area contributed by atoms with Crippen LogP contribution >= 0.6 is 0 Å². The number of amides is 1. The number of aromatic nitrogens is 4. The van der Waals surface area contributed by atoms with Gasteiger partial charge in [0.15, 0.2) is 0 Å². The van der Waals surface area contributed by atoms with Gasteiger partial charge < -0.3 is 14.0 Å². The van der Waals surface area contributed by atoms with E-state index in [4.69, 9.17) is 4.52 Å². The molecule has 0 saturated heterocycles. The Labute approximate surface area is 160 Å². The maximum Gasteiger partial charge on any atom is 0.270 e. The molecular formula is C20H19N5O3. The van der Waals surface area contributed by atoms with E-state index in [2.05, 4.69) is 10.1 Å². The van der Waals surface area contributed by atoms with Crippen molar-refractivity contribution >= 4 is 22.6 Å². The Kier molecular flexibility index (Phi) is 3.78. The van der Waals surface area contributed by atoms with Gasteiger partial charge in [0.25, 0.3) is 11.5 Å². The van der Waals surface area contributed by atoms with Gasteiger partial charge >= 0.3 is 0 Å². The molecule has 1 aliphatic rings. The molecule has 8 heteroatoms. The van der Waals surface area contributed by atoms with E-state index in [9.17, 15) is 9.59 Å². The SMILES string of the molecule is CCCn1c(C(=O)N2CCc3oncc3C2)cc2c(=O)n3ccccc3nc21. The van der Waals surface area contributed by atoms with Crippen molar-refractivity contribution in [1.29, 1.82) is 0 Å². The van der Waals surface area contributed by atoms with Crippen LogP contribution < -0.4 is 5.56 Å². The zero-order valence-corrected chi connectivity index (χ0v) is 15.5. The van der Waals surface area contributed by atoms with Gasteiger partial charge in [0.1, 0.15) is 22.7 Å². The van der Waals surface area contributed by atoms with E-state index < -0.39 is 0 Å². The minimum absolute atomic E-state index is 0.105. The fourth-order valence-corrected chi connectivity index (χ4v) is 3.85. The Morgan fingerprint density at radius 3 is 3.07 bits per heavy atom. The molecule has 0 spiro atoms.